The molecule has 0 radical (unpaired) electrons. The summed E-state index contributed by atoms with van der Waals surface area (Å²) in [5.41, 5.74) is 0.0614. The Morgan fingerprint density at radius 1 is 0.977 bits per heavy atom. The number of nitrogens with zero attached hydrogens (tertiary/aromatic N) is 4. The van der Waals surface area contributed by atoms with Gasteiger partial charge in [0.2, 0.25) is 0 Å². The lowest BCUT2D eigenvalue weighted by Gasteiger charge is -2.34. The highest BCUT2D eigenvalue weighted by molar-refractivity contribution is 7.82. The quantitative estimate of drug-likeness (QED) is 0.197. The molecule has 5 rings (SSSR count). The molecular weight excluding hydrogens is 592 g/mol. The number of piperidine rings is 1. The fourth-order valence-electron chi connectivity index (χ4n) is 5.27. The summed E-state index contributed by atoms with van der Waals surface area (Å²) in [4.78, 5) is 0.429. The van der Waals surface area contributed by atoms with Crippen molar-refractivity contribution in [3.63, 3.8) is 0 Å². The predicted molar refractivity (Wildman–Crippen MR) is 146 cm³/mol. The van der Waals surface area contributed by atoms with Gasteiger partial charge in [-0.15, -0.1) is 0 Å². The van der Waals surface area contributed by atoms with Gasteiger partial charge in [-0.3, -0.25) is 5.32 Å². The molecule has 13 heteroatoms. The van der Waals surface area contributed by atoms with Crippen LogP contribution in [0, 0.1) is 40.1 Å². The van der Waals surface area contributed by atoms with Gasteiger partial charge in [0, 0.05) is 53.4 Å². The fourth-order valence-corrected chi connectivity index (χ4v) is 6.53. The molecule has 43 heavy (non-hydrogen) atoms. The highest BCUT2D eigenvalue weighted by Crippen LogP contribution is 2.39. The van der Waals surface area contributed by atoms with Crippen LogP contribution >= 0.6 is 0 Å². The van der Waals surface area contributed by atoms with Gasteiger partial charge in [0.05, 0.1) is 34.7 Å². The molecule has 0 bridgehead atoms. The van der Waals surface area contributed by atoms with Crippen molar-refractivity contribution < 1.29 is 30.6 Å². The maximum absolute atomic E-state index is 14.6. The minimum absolute atomic E-state index is 0.140. The number of hydrogen-bond donors (Lipinski definition) is 1. The fraction of sp³-hybridized carbons (Fsp3) is 0.267. The molecule has 0 aliphatic carbocycles. The van der Waals surface area contributed by atoms with Crippen molar-refractivity contribution in [3.05, 3.63) is 100 Å². The van der Waals surface area contributed by atoms with Crippen molar-refractivity contribution in [2.75, 3.05) is 13.1 Å². The summed E-state index contributed by atoms with van der Waals surface area (Å²) < 4.78 is 102. The van der Waals surface area contributed by atoms with Gasteiger partial charge in [0.1, 0.15) is 22.8 Å². The number of fused-ring (bicyclic) bond motifs is 1. The molecule has 1 aromatic heterocycles. The molecule has 6 nitrogen and oxygen atoms in total. The van der Waals surface area contributed by atoms with Crippen LogP contribution in [0.25, 0.3) is 10.9 Å². The Kier molecular flexibility index (Phi) is 8.60. The van der Waals surface area contributed by atoms with Gasteiger partial charge in [-0.25, -0.2) is 21.7 Å². The van der Waals surface area contributed by atoms with Crippen LogP contribution in [0.4, 0.5) is 26.3 Å². The van der Waals surface area contributed by atoms with E-state index in [9.17, 15) is 35.8 Å². The first-order valence-electron chi connectivity index (χ1n) is 13.1. The monoisotopic (exact) mass is 615 g/mol. The topological polar surface area (TPSA) is 84.8 Å². The molecule has 222 valence electrons. The Morgan fingerprint density at radius 3 is 2.35 bits per heavy atom. The SMILES string of the molecule is N#Cc1cccc(S(=O)N2CCC(NC(c3cn(Cc4cc(F)cc(F)c4F)c4cc(C#N)ccc34)C(F)(F)F)CC2)c1. The summed E-state index contributed by atoms with van der Waals surface area (Å²) in [6.45, 7) is 0.000348. The number of alkyl halides is 3. The van der Waals surface area contributed by atoms with Crippen molar-refractivity contribution in [3.8, 4) is 12.1 Å². The Hall–Kier alpha value is -4.17. The van der Waals surface area contributed by atoms with E-state index in [1.807, 2.05) is 12.1 Å². The standard InChI is InChI=1S/C30H23F6N5OS/c31-21-12-20(28(33)26(32)13-21)16-40-17-25(24-5-4-19(15-38)11-27(24)40)29(30(34,35)36)39-22-6-8-41(9-7-22)43(42)23-3-1-2-18(10-23)14-37/h1-5,10-13,17,22,29,39H,6-9,16H2. The lowest BCUT2D eigenvalue weighted by molar-refractivity contribution is -0.160. The average molecular weight is 616 g/mol. The summed E-state index contributed by atoms with van der Waals surface area (Å²) in [6, 6.07) is 12.7. The van der Waals surface area contributed by atoms with E-state index < -0.39 is 58.8 Å². The molecule has 0 spiro atoms. The number of hydrogen-bond acceptors (Lipinski definition) is 4. The number of benzene rings is 3. The van der Waals surface area contributed by atoms with Crippen LogP contribution in [0.2, 0.25) is 0 Å². The second-order valence-electron chi connectivity index (χ2n) is 10.2. The molecule has 1 aliphatic heterocycles. The molecule has 1 fully saturated rings. The van der Waals surface area contributed by atoms with Crippen molar-refractivity contribution in [1.82, 2.24) is 14.2 Å². The van der Waals surface area contributed by atoms with E-state index in [0.717, 1.165) is 12.3 Å². The van der Waals surface area contributed by atoms with Gasteiger partial charge >= 0.3 is 6.18 Å². The van der Waals surface area contributed by atoms with Crippen molar-refractivity contribution in [1.29, 1.82) is 10.5 Å². The Bertz CT molecular complexity index is 1780. The first kappa shape index (κ1) is 30.3. The Balaban J connectivity index is 1.42. The number of halogens is 6. The lowest BCUT2D eigenvalue weighted by atomic mass is 10.00. The van der Waals surface area contributed by atoms with Crippen molar-refractivity contribution >= 4 is 21.9 Å². The van der Waals surface area contributed by atoms with Crippen molar-refractivity contribution in [2.45, 2.75) is 42.5 Å². The average Bonchev–Trinajstić information content (AvgIpc) is 3.34. The van der Waals surface area contributed by atoms with E-state index in [0.29, 0.717) is 16.5 Å². The smallest absolute Gasteiger partial charge is 0.343 e. The van der Waals surface area contributed by atoms with Crippen LogP contribution in [-0.2, 0) is 17.5 Å². The third-order valence-corrected chi connectivity index (χ3v) is 8.84. The van der Waals surface area contributed by atoms with E-state index in [1.54, 1.807) is 22.5 Å². The van der Waals surface area contributed by atoms with E-state index in [1.165, 1.54) is 28.8 Å². The van der Waals surface area contributed by atoms with Crippen LogP contribution in [0.5, 0.6) is 0 Å². The summed E-state index contributed by atoms with van der Waals surface area (Å²) in [5.74, 6) is -3.79. The molecule has 2 heterocycles. The van der Waals surface area contributed by atoms with Gasteiger partial charge in [-0.1, -0.05) is 12.1 Å². The van der Waals surface area contributed by atoms with Gasteiger partial charge in [0.25, 0.3) is 0 Å². The van der Waals surface area contributed by atoms with Crippen LogP contribution in [-0.4, -0.2) is 38.4 Å². The molecule has 4 aromatic rings. The van der Waals surface area contributed by atoms with E-state index in [-0.39, 0.29) is 48.0 Å². The molecular formula is C30H23F6N5OS. The molecule has 1 saturated heterocycles. The summed E-state index contributed by atoms with van der Waals surface area (Å²) >= 11 is 0. The maximum Gasteiger partial charge on any atom is 0.407 e. The molecule has 0 saturated carbocycles. The zero-order valence-electron chi connectivity index (χ0n) is 22.3. The number of nitriles is 2. The lowest BCUT2D eigenvalue weighted by Crippen LogP contribution is -2.47. The first-order chi connectivity index (χ1) is 20.5. The van der Waals surface area contributed by atoms with Crippen LogP contribution in [0.15, 0.2) is 65.7 Å². The van der Waals surface area contributed by atoms with Crippen LogP contribution in [0.1, 0.15) is 41.1 Å². The third kappa shape index (κ3) is 6.44. The third-order valence-electron chi connectivity index (χ3n) is 7.35. The molecule has 2 unspecified atom stereocenters. The highest BCUT2D eigenvalue weighted by Gasteiger charge is 2.44. The van der Waals surface area contributed by atoms with E-state index in [2.05, 4.69) is 5.32 Å². The molecule has 1 N–H and O–H groups in total. The zero-order valence-corrected chi connectivity index (χ0v) is 23.2. The molecule has 2 atom stereocenters. The number of rotatable bonds is 7. The zero-order chi connectivity index (χ0) is 30.9. The van der Waals surface area contributed by atoms with Crippen LogP contribution in [0.3, 0.4) is 0 Å². The number of aromatic nitrogens is 1. The van der Waals surface area contributed by atoms with Crippen LogP contribution < -0.4 is 5.32 Å². The summed E-state index contributed by atoms with van der Waals surface area (Å²) in [7, 11) is -1.59. The van der Waals surface area contributed by atoms with Gasteiger partial charge < -0.3 is 4.57 Å². The first-order valence-corrected chi connectivity index (χ1v) is 14.2. The Morgan fingerprint density at radius 2 is 1.67 bits per heavy atom. The van der Waals surface area contributed by atoms with Crippen molar-refractivity contribution in [2.24, 2.45) is 0 Å². The van der Waals surface area contributed by atoms with Gasteiger partial charge in [-0.2, -0.15) is 23.7 Å². The number of nitrogens with one attached hydrogen (secondary N) is 1. The minimum Gasteiger partial charge on any atom is -0.343 e. The largest absolute Gasteiger partial charge is 0.407 e. The molecule has 0 amide bonds. The van der Waals surface area contributed by atoms with E-state index >= 15 is 0 Å². The summed E-state index contributed by atoms with van der Waals surface area (Å²) in [6.07, 6.45) is -3.10. The highest BCUT2D eigenvalue weighted by atomic mass is 32.2. The maximum atomic E-state index is 14.6. The second kappa shape index (κ2) is 12.2. The van der Waals surface area contributed by atoms with E-state index in [4.69, 9.17) is 5.26 Å². The minimum atomic E-state index is -4.76. The molecule has 3 aromatic carbocycles. The molecule has 1 aliphatic rings. The summed E-state index contributed by atoms with van der Waals surface area (Å²) in [5, 5.41) is 21.3. The normalized spacial score (nSPS) is 16.1. The predicted octanol–water partition coefficient (Wildman–Crippen LogP) is 6.23. The van der Waals surface area contributed by atoms with Gasteiger partial charge in [0.15, 0.2) is 11.6 Å². The Labute approximate surface area is 245 Å². The second-order valence-corrected chi connectivity index (χ2v) is 11.6. The van der Waals surface area contributed by atoms with Gasteiger partial charge in [-0.05, 0) is 49.2 Å².